The van der Waals surface area contributed by atoms with Gasteiger partial charge in [0.25, 0.3) is 11.9 Å². The summed E-state index contributed by atoms with van der Waals surface area (Å²) in [6.45, 7) is 0. The van der Waals surface area contributed by atoms with Crippen molar-refractivity contribution in [2.75, 3.05) is 5.32 Å². The highest BCUT2D eigenvalue weighted by atomic mass is 16.4. The zero-order valence-electron chi connectivity index (χ0n) is 8.58. The van der Waals surface area contributed by atoms with Crippen molar-refractivity contribution in [1.82, 2.24) is 30.2 Å². The number of aromatic amines is 1. The number of hydrogen-bond donors (Lipinski definition) is 3. The van der Waals surface area contributed by atoms with Crippen molar-refractivity contribution >= 4 is 17.8 Å². The molecule has 0 saturated heterocycles. The molecule has 1 amide bonds. The predicted molar refractivity (Wildman–Crippen MR) is 52.3 cm³/mol. The molecule has 0 bridgehead atoms. The van der Waals surface area contributed by atoms with Crippen LogP contribution in [0.1, 0.15) is 21.0 Å². The number of nitrogens with zero attached hydrogens (tertiary/aromatic N) is 5. The van der Waals surface area contributed by atoms with E-state index >= 15 is 0 Å². The molecule has 0 aromatic carbocycles. The monoisotopic (exact) mass is 237 g/mol. The maximum atomic E-state index is 11.6. The number of carboxylic acids is 1. The van der Waals surface area contributed by atoms with Gasteiger partial charge in [-0.3, -0.25) is 10.1 Å². The van der Waals surface area contributed by atoms with Crippen LogP contribution in [-0.2, 0) is 7.05 Å². The zero-order valence-corrected chi connectivity index (χ0v) is 8.58. The van der Waals surface area contributed by atoms with E-state index in [0.29, 0.717) is 0 Å². The van der Waals surface area contributed by atoms with Gasteiger partial charge in [-0.2, -0.15) is 4.80 Å². The van der Waals surface area contributed by atoms with Gasteiger partial charge in [0.05, 0.1) is 13.4 Å². The number of hydrogen-bond acceptors (Lipinski definition) is 6. The zero-order chi connectivity index (χ0) is 12.4. The first kappa shape index (κ1) is 10.7. The SMILES string of the molecule is Cn1nnc(NC(=O)c2nc[nH]c2C(=O)O)n1. The topological polar surface area (TPSA) is 139 Å². The van der Waals surface area contributed by atoms with Gasteiger partial charge in [-0.05, 0) is 5.21 Å². The van der Waals surface area contributed by atoms with Crippen LogP contribution in [0.3, 0.4) is 0 Å². The Morgan fingerprint density at radius 2 is 2.29 bits per heavy atom. The number of carboxylic acid groups (broad SMARTS) is 1. The van der Waals surface area contributed by atoms with E-state index in [1.807, 2.05) is 0 Å². The lowest BCUT2D eigenvalue weighted by Crippen LogP contribution is -2.17. The highest BCUT2D eigenvalue weighted by Gasteiger charge is 2.20. The van der Waals surface area contributed by atoms with Gasteiger partial charge in [0.1, 0.15) is 0 Å². The highest BCUT2D eigenvalue weighted by Crippen LogP contribution is 2.05. The van der Waals surface area contributed by atoms with E-state index < -0.39 is 11.9 Å². The molecule has 88 valence electrons. The van der Waals surface area contributed by atoms with E-state index in [-0.39, 0.29) is 17.3 Å². The molecule has 2 aromatic heterocycles. The Labute approximate surface area is 93.7 Å². The number of tetrazole rings is 1. The largest absolute Gasteiger partial charge is 0.477 e. The summed E-state index contributed by atoms with van der Waals surface area (Å²) >= 11 is 0. The molecule has 2 heterocycles. The van der Waals surface area contributed by atoms with Crippen LogP contribution in [0.15, 0.2) is 6.33 Å². The first-order chi connectivity index (χ1) is 8.08. The molecule has 2 rings (SSSR count). The van der Waals surface area contributed by atoms with Gasteiger partial charge in [0, 0.05) is 0 Å². The first-order valence-electron chi connectivity index (χ1n) is 4.40. The summed E-state index contributed by atoms with van der Waals surface area (Å²) in [5.74, 6) is -2.03. The molecular formula is C7H7N7O3. The van der Waals surface area contributed by atoms with Crippen LogP contribution in [0.25, 0.3) is 0 Å². The Kier molecular flexibility index (Phi) is 2.52. The summed E-state index contributed by atoms with van der Waals surface area (Å²) in [7, 11) is 1.53. The lowest BCUT2D eigenvalue weighted by Gasteiger charge is -1.97. The number of aromatic carboxylic acids is 1. The number of carbonyl (C=O) groups excluding carboxylic acids is 1. The van der Waals surface area contributed by atoms with Crippen LogP contribution in [0.4, 0.5) is 5.95 Å². The Morgan fingerprint density at radius 3 is 2.88 bits per heavy atom. The third-order valence-corrected chi connectivity index (χ3v) is 1.80. The average Bonchev–Trinajstić information content (AvgIpc) is 2.86. The molecule has 10 nitrogen and oxygen atoms in total. The number of H-pyrrole nitrogens is 1. The molecule has 0 saturated carbocycles. The second-order valence-corrected chi connectivity index (χ2v) is 2.99. The number of rotatable bonds is 3. The van der Waals surface area contributed by atoms with Crippen LogP contribution in [-0.4, -0.2) is 47.2 Å². The maximum Gasteiger partial charge on any atom is 0.354 e. The van der Waals surface area contributed by atoms with Gasteiger partial charge in [-0.25, -0.2) is 9.78 Å². The van der Waals surface area contributed by atoms with Crippen LogP contribution >= 0.6 is 0 Å². The lowest BCUT2D eigenvalue weighted by molar-refractivity contribution is 0.0686. The number of nitrogens with one attached hydrogen (secondary N) is 2. The quantitative estimate of drug-likeness (QED) is 0.614. The van der Waals surface area contributed by atoms with E-state index in [4.69, 9.17) is 5.11 Å². The van der Waals surface area contributed by atoms with Crippen LogP contribution < -0.4 is 5.32 Å². The summed E-state index contributed by atoms with van der Waals surface area (Å²) in [5, 5.41) is 21.8. The van der Waals surface area contributed by atoms with Crippen molar-refractivity contribution in [2.45, 2.75) is 0 Å². The van der Waals surface area contributed by atoms with Gasteiger partial charge in [-0.15, -0.1) is 5.10 Å². The van der Waals surface area contributed by atoms with Crippen molar-refractivity contribution < 1.29 is 14.7 Å². The third-order valence-electron chi connectivity index (χ3n) is 1.80. The first-order valence-corrected chi connectivity index (χ1v) is 4.40. The molecule has 3 N–H and O–H groups in total. The molecule has 0 spiro atoms. The molecule has 0 unspecified atom stereocenters. The minimum atomic E-state index is -1.28. The molecular weight excluding hydrogens is 230 g/mol. The molecule has 0 radical (unpaired) electrons. The second kappa shape index (κ2) is 4.00. The second-order valence-electron chi connectivity index (χ2n) is 2.99. The fourth-order valence-corrected chi connectivity index (χ4v) is 1.12. The number of imidazole rings is 1. The third kappa shape index (κ3) is 2.09. The number of amides is 1. The summed E-state index contributed by atoms with van der Waals surface area (Å²) in [4.78, 5) is 29.5. The van der Waals surface area contributed by atoms with Gasteiger partial charge in [0.15, 0.2) is 11.4 Å². The Bertz CT molecular complexity index is 572. The molecule has 0 aliphatic heterocycles. The van der Waals surface area contributed by atoms with E-state index in [2.05, 4.69) is 30.7 Å². The van der Waals surface area contributed by atoms with Crippen molar-refractivity contribution in [1.29, 1.82) is 0 Å². The van der Waals surface area contributed by atoms with Crippen LogP contribution in [0, 0.1) is 0 Å². The molecule has 2 aromatic rings. The van der Waals surface area contributed by atoms with Crippen LogP contribution in [0.2, 0.25) is 0 Å². The highest BCUT2D eigenvalue weighted by molar-refractivity contribution is 6.07. The number of carbonyl (C=O) groups is 2. The summed E-state index contributed by atoms with van der Waals surface area (Å²) in [6, 6.07) is 0. The molecule has 0 fully saturated rings. The minimum absolute atomic E-state index is 0.0307. The molecule has 17 heavy (non-hydrogen) atoms. The van der Waals surface area contributed by atoms with E-state index in [9.17, 15) is 9.59 Å². The fourth-order valence-electron chi connectivity index (χ4n) is 1.12. The number of anilines is 1. The Hall–Kier alpha value is -2.78. The summed E-state index contributed by atoms with van der Waals surface area (Å²) < 4.78 is 0. The predicted octanol–water partition coefficient (Wildman–Crippen LogP) is -1.12. The van der Waals surface area contributed by atoms with E-state index in [0.717, 1.165) is 11.1 Å². The van der Waals surface area contributed by atoms with Crippen molar-refractivity contribution in [3.8, 4) is 0 Å². The lowest BCUT2D eigenvalue weighted by atomic mass is 10.3. The molecule has 0 atom stereocenters. The standard InChI is InChI=1S/C7H7N7O3/c1-14-12-7(11-13-14)10-5(15)3-4(6(16)17)9-2-8-3/h2H,1H3,(H,8,9)(H,16,17)(H,10,12,15). The minimum Gasteiger partial charge on any atom is -0.477 e. The Morgan fingerprint density at radius 1 is 1.53 bits per heavy atom. The van der Waals surface area contributed by atoms with Crippen molar-refractivity contribution in [2.24, 2.45) is 7.05 Å². The normalized spacial score (nSPS) is 10.2. The van der Waals surface area contributed by atoms with Gasteiger partial charge in [-0.1, -0.05) is 5.10 Å². The Balaban J connectivity index is 2.20. The summed E-state index contributed by atoms with van der Waals surface area (Å²) in [5.41, 5.74) is -0.545. The number of aromatic nitrogens is 6. The van der Waals surface area contributed by atoms with Gasteiger partial charge >= 0.3 is 5.97 Å². The average molecular weight is 237 g/mol. The molecule has 0 aliphatic carbocycles. The molecule has 0 aliphatic rings. The number of aryl methyl sites for hydroxylation is 1. The maximum absolute atomic E-state index is 11.6. The summed E-state index contributed by atoms with van der Waals surface area (Å²) in [6.07, 6.45) is 1.11. The smallest absolute Gasteiger partial charge is 0.354 e. The van der Waals surface area contributed by atoms with Gasteiger partial charge < -0.3 is 10.1 Å². The van der Waals surface area contributed by atoms with Crippen LogP contribution in [0.5, 0.6) is 0 Å². The van der Waals surface area contributed by atoms with Crippen molar-refractivity contribution in [3.05, 3.63) is 17.7 Å². The van der Waals surface area contributed by atoms with Crippen molar-refractivity contribution in [3.63, 3.8) is 0 Å². The van der Waals surface area contributed by atoms with Gasteiger partial charge in [0.2, 0.25) is 0 Å². The fraction of sp³-hybridized carbons (Fsp3) is 0.143. The molecule has 10 heteroatoms. The van der Waals surface area contributed by atoms with E-state index in [1.165, 1.54) is 7.05 Å². The van der Waals surface area contributed by atoms with E-state index in [1.54, 1.807) is 0 Å².